The van der Waals surface area contributed by atoms with Crippen LogP contribution in [-0.4, -0.2) is 53.8 Å². The van der Waals surface area contributed by atoms with Crippen molar-refractivity contribution in [1.29, 1.82) is 0 Å². The SMILES string of the molecule is CCN(CC)C(=O)c1ccc(NC(=O)c2cn(-c3ccccc3)nc2-c2ccc(OC)c(OC)c2)cc1. The number of nitrogens with one attached hydrogen (secondary N) is 1. The van der Waals surface area contributed by atoms with Gasteiger partial charge in [0.05, 0.1) is 25.5 Å². The van der Waals surface area contributed by atoms with Crippen molar-refractivity contribution in [2.24, 2.45) is 0 Å². The first-order valence-electron chi connectivity index (χ1n) is 12.1. The summed E-state index contributed by atoms with van der Waals surface area (Å²) in [6.07, 6.45) is 1.70. The van der Waals surface area contributed by atoms with Crippen LogP contribution in [0.3, 0.4) is 0 Å². The van der Waals surface area contributed by atoms with Crippen LogP contribution in [0.25, 0.3) is 16.9 Å². The minimum atomic E-state index is -0.324. The first-order valence-corrected chi connectivity index (χ1v) is 12.1. The van der Waals surface area contributed by atoms with Crippen LogP contribution in [0.2, 0.25) is 0 Å². The highest BCUT2D eigenvalue weighted by molar-refractivity contribution is 6.08. The van der Waals surface area contributed by atoms with Crippen molar-refractivity contribution in [2.45, 2.75) is 13.8 Å². The summed E-state index contributed by atoms with van der Waals surface area (Å²) in [4.78, 5) is 27.8. The Morgan fingerprint density at radius 2 is 1.57 bits per heavy atom. The summed E-state index contributed by atoms with van der Waals surface area (Å²) >= 11 is 0. The Bertz CT molecular complexity index is 1380. The molecule has 8 heteroatoms. The van der Waals surface area contributed by atoms with Crippen LogP contribution in [0.5, 0.6) is 11.5 Å². The largest absolute Gasteiger partial charge is 0.493 e. The van der Waals surface area contributed by atoms with E-state index in [0.29, 0.717) is 52.7 Å². The maximum Gasteiger partial charge on any atom is 0.259 e. The number of amides is 2. The number of ether oxygens (including phenoxy) is 2. The third kappa shape index (κ3) is 5.48. The molecule has 4 rings (SSSR count). The zero-order valence-electron chi connectivity index (χ0n) is 21.4. The molecule has 0 unspecified atom stereocenters. The number of rotatable bonds is 9. The molecule has 0 fully saturated rings. The molecule has 0 aliphatic carbocycles. The van der Waals surface area contributed by atoms with Gasteiger partial charge < -0.3 is 19.7 Å². The van der Waals surface area contributed by atoms with Crippen molar-refractivity contribution in [3.05, 3.63) is 90.1 Å². The molecule has 0 aliphatic rings. The lowest BCUT2D eigenvalue weighted by Gasteiger charge is -2.18. The predicted molar refractivity (Wildman–Crippen MR) is 144 cm³/mol. The Morgan fingerprint density at radius 3 is 2.19 bits per heavy atom. The number of para-hydroxylation sites is 1. The van der Waals surface area contributed by atoms with E-state index in [9.17, 15) is 9.59 Å². The van der Waals surface area contributed by atoms with Gasteiger partial charge in [0.25, 0.3) is 11.8 Å². The summed E-state index contributed by atoms with van der Waals surface area (Å²) in [6.45, 7) is 5.17. The molecule has 4 aromatic rings. The minimum Gasteiger partial charge on any atom is -0.493 e. The van der Waals surface area contributed by atoms with Gasteiger partial charge in [0.15, 0.2) is 11.5 Å². The average molecular weight is 499 g/mol. The van der Waals surface area contributed by atoms with Gasteiger partial charge in [-0.25, -0.2) is 4.68 Å². The second-order valence-electron chi connectivity index (χ2n) is 8.25. The zero-order valence-corrected chi connectivity index (χ0v) is 21.4. The highest BCUT2D eigenvalue weighted by Gasteiger charge is 2.21. The van der Waals surface area contributed by atoms with Gasteiger partial charge >= 0.3 is 0 Å². The highest BCUT2D eigenvalue weighted by Crippen LogP contribution is 2.33. The number of anilines is 1. The number of benzene rings is 3. The number of hydrogen-bond donors (Lipinski definition) is 1. The maximum absolute atomic E-state index is 13.5. The van der Waals surface area contributed by atoms with Crippen molar-refractivity contribution in [3.63, 3.8) is 0 Å². The third-order valence-corrected chi connectivity index (χ3v) is 6.08. The van der Waals surface area contributed by atoms with Crippen LogP contribution in [0.4, 0.5) is 5.69 Å². The molecule has 0 radical (unpaired) electrons. The molecule has 3 aromatic carbocycles. The maximum atomic E-state index is 13.5. The second-order valence-corrected chi connectivity index (χ2v) is 8.25. The Hall–Kier alpha value is -4.59. The molecule has 0 aliphatic heterocycles. The van der Waals surface area contributed by atoms with E-state index < -0.39 is 0 Å². The lowest BCUT2D eigenvalue weighted by molar-refractivity contribution is 0.0773. The first-order chi connectivity index (χ1) is 18.0. The van der Waals surface area contributed by atoms with E-state index in [-0.39, 0.29) is 11.8 Å². The smallest absolute Gasteiger partial charge is 0.259 e. The molecule has 37 heavy (non-hydrogen) atoms. The van der Waals surface area contributed by atoms with Gasteiger partial charge in [-0.05, 0) is 68.4 Å². The monoisotopic (exact) mass is 498 g/mol. The molecular weight excluding hydrogens is 468 g/mol. The van der Waals surface area contributed by atoms with Crippen molar-refractivity contribution in [3.8, 4) is 28.4 Å². The second kappa shape index (κ2) is 11.4. The fourth-order valence-corrected chi connectivity index (χ4v) is 4.04. The van der Waals surface area contributed by atoms with Crippen LogP contribution in [0, 0.1) is 0 Å². The van der Waals surface area contributed by atoms with Crippen LogP contribution >= 0.6 is 0 Å². The van der Waals surface area contributed by atoms with Gasteiger partial charge in [-0.15, -0.1) is 0 Å². The quantitative estimate of drug-likeness (QED) is 0.339. The highest BCUT2D eigenvalue weighted by atomic mass is 16.5. The number of carbonyl (C=O) groups is 2. The third-order valence-electron chi connectivity index (χ3n) is 6.08. The molecule has 1 N–H and O–H groups in total. The molecule has 0 atom stereocenters. The van der Waals surface area contributed by atoms with Gasteiger partial charge in [-0.3, -0.25) is 9.59 Å². The summed E-state index contributed by atoms with van der Waals surface area (Å²) in [6, 6.07) is 21.9. The Labute approximate surface area is 216 Å². The summed E-state index contributed by atoms with van der Waals surface area (Å²) in [5.74, 6) is 0.755. The van der Waals surface area contributed by atoms with Crippen molar-refractivity contribution in [2.75, 3.05) is 32.6 Å². The van der Waals surface area contributed by atoms with Gasteiger partial charge in [0.2, 0.25) is 0 Å². The number of carbonyl (C=O) groups excluding carboxylic acids is 2. The van der Waals surface area contributed by atoms with Crippen LogP contribution < -0.4 is 14.8 Å². The molecular formula is C29H30N4O4. The average Bonchev–Trinajstić information content (AvgIpc) is 3.40. The van der Waals surface area contributed by atoms with E-state index in [1.54, 1.807) is 66.4 Å². The number of hydrogen-bond acceptors (Lipinski definition) is 5. The summed E-state index contributed by atoms with van der Waals surface area (Å²) in [7, 11) is 3.13. The standard InChI is InChI=1S/C29H30N4O4/c1-5-32(6-2)29(35)20-12-15-22(16-13-20)30-28(34)24-19-33(23-10-8-7-9-11-23)31-27(24)21-14-17-25(36-3)26(18-21)37-4/h7-19H,5-6H2,1-4H3,(H,30,34). The Morgan fingerprint density at radius 1 is 0.892 bits per heavy atom. The predicted octanol–water partition coefficient (Wildman–Crippen LogP) is 5.29. The van der Waals surface area contributed by atoms with Gasteiger partial charge in [0, 0.05) is 36.1 Å². The molecule has 2 amide bonds. The number of aromatic nitrogens is 2. The normalized spacial score (nSPS) is 10.6. The topological polar surface area (TPSA) is 85.7 Å². The van der Waals surface area contributed by atoms with Gasteiger partial charge in [-0.1, -0.05) is 18.2 Å². The molecule has 0 saturated carbocycles. The summed E-state index contributed by atoms with van der Waals surface area (Å²) in [5.41, 5.74) is 3.56. The molecule has 0 saturated heterocycles. The number of nitrogens with zero attached hydrogens (tertiary/aromatic N) is 3. The Balaban J connectivity index is 1.67. The van der Waals surface area contributed by atoms with Crippen molar-refractivity contribution < 1.29 is 19.1 Å². The van der Waals surface area contributed by atoms with E-state index in [4.69, 9.17) is 14.6 Å². The zero-order chi connectivity index (χ0) is 26.4. The molecule has 1 heterocycles. The van der Waals surface area contributed by atoms with E-state index >= 15 is 0 Å². The van der Waals surface area contributed by atoms with Crippen molar-refractivity contribution in [1.82, 2.24) is 14.7 Å². The molecule has 0 spiro atoms. The number of methoxy groups -OCH3 is 2. The minimum absolute atomic E-state index is 0.0391. The van der Waals surface area contributed by atoms with Crippen LogP contribution in [0.15, 0.2) is 79.0 Å². The summed E-state index contributed by atoms with van der Waals surface area (Å²) in [5, 5.41) is 7.66. The first kappa shape index (κ1) is 25.5. The van der Waals surface area contributed by atoms with E-state index in [2.05, 4.69) is 5.32 Å². The van der Waals surface area contributed by atoms with Gasteiger partial charge in [-0.2, -0.15) is 5.10 Å². The van der Waals surface area contributed by atoms with Crippen molar-refractivity contribution >= 4 is 17.5 Å². The van der Waals surface area contributed by atoms with E-state index in [1.807, 2.05) is 50.2 Å². The molecule has 0 bridgehead atoms. The van der Waals surface area contributed by atoms with E-state index in [0.717, 1.165) is 5.69 Å². The van der Waals surface area contributed by atoms with Crippen LogP contribution in [-0.2, 0) is 0 Å². The molecule has 1 aromatic heterocycles. The molecule has 190 valence electrons. The Kier molecular flexibility index (Phi) is 7.88. The van der Waals surface area contributed by atoms with Gasteiger partial charge in [0.1, 0.15) is 5.69 Å². The van der Waals surface area contributed by atoms with E-state index in [1.165, 1.54) is 0 Å². The van der Waals surface area contributed by atoms with Crippen LogP contribution in [0.1, 0.15) is 34.6 Å². The molecule has 8 nitrogen and oxygen atoms in total. The fraction of sp³-hybridized carbons (Fsp3) is 0.207. The lowest BCUT2D eigenvalue weighted by atomic mass is 10.1. The fourth-order valence-electron chi connectivity index (χ4n) is 4.04. The summed E-state index contributed by atoms with van der Waals surface area (Å²) < 4.78 is 12.5. The lowest BCUT2D eigenvalue weighted by Crippen LogP contribution is -2.30.